The lowest BCUT2D eigenvalue weighted by Gasteiger charge is -2.34. The molecule has 0 aromatic carbocycles. The molecule has 0 saturated carbocycles. The number of aliphatic carboxylic acids is 1. The Labute approximate surface area is 136 Å². The van der Waals surface area contributed by atoms with Gasteiger partial charge in [0.05, 0.1) is 0 Å². The van der Waals surface area contributed by atoms with Crippen LogP contribution in [0.5, 0.6) is 0 Å². The number of hydrogen-bond acceptors (Lipinski definition) is 6. The van der Waals surface area contributed by atoms with E-state index in [2.05, 4.69) is 20.2 Å². The molecule has 0 unspecified atom stereocenters. The van der Waals surface area contributed by atoms with E-state index in [1.54, 1.807) is 0 Å². The zero-order valence-electron chi connectivity index (χ0n) is 13.5. The van der Waals surface area contributed by atoms with Gasteiger partial charge in [0.15, 0.2) is 0 Å². The largest absolute Gasteiger partial charge is 0.480 e. The summed E-state index contributed by atoms with van der Waals surface area (Å²) in [6.07, 6.45) is 4.41. The van der Waals surface area contributed by atoms with Gasteiger partial charge in [0, 0.05) is 50.9 Å². The van der Waals surface area contributed by atoms with Gasteiger partial charge in [0.25, 0.3) is 0 Å². The van der Waals surface area contributed by atoms with Gasteiger partial charge >= 0.3 is 5.97 Å². The van der Waals surface area contributed by atoms with Crippen molar-refractivity contribution in [1.82, 2.24) is 9.97 Å². The zero-order valence-corrected chi connectivity index (χ0v) is 13.5. The molecule has 7 heteroatoms. The number of ether oxygens (including phenoxy) is 1. The van der Waals surface area contributed by atoms with Crippen LogP contribution in [0.15, 0.2) is 6.07 Å². The minimum Gasteiger partial charge on any atom is -0.480 e. The first kappa shape index (κ1) is 16.0. The Morgan fingerprint density at radius 1 is 1.26 bits per heavy atom. The first-order valence-electron chi connectivity index (χ1n) is 8.29. The molecular formula is C16H24N4O3. The van der Waals surface area contributed by atoms with Crippen LogP contribution in [0.1, 0.15) is 37.8 Å². The number of aromatic nitrogens is 2. The lowest BCUT2D eigenvalue weighted by atomic mass is 9.90. The number of nitrogens with zero attached hydrogens (tertiary/aromatic N) is 3. The van der Waals surface area contributed by atoms with Crippen LogP contribution < -0.4 is 10.2 Å². The molecule has 3 rings (SSSR count). The summed E-state index contributed by atoms with van der Waals surface area (Å²) < 4.78 is 5.31. The molecule has 126 valence electrons. The predicted octanol–water partition coefficient (Wildman–Crippen LogP) is 1.82. The number of rotatable bonds is 4. The summed E-state index contributed by atoms with van der Waals surface area (Å²) >= 11 is 0. The lowest BCUT2D eigenvalue weighted by molar-refractivity contribution is -0.145. The topological polar surface area (TPSA) is 87.6 Å². The molecule has 1 aromatic rings. The average molecular weight is 320 g/mol. The summed E-state index contributed by atoms with van der Waals surface area (Å²) in [6, 6.07) is 1.81. The number of nitrogens with one attached hydrogen (secondary N) is 1. The van der Waals surface area contributed by atoms with Crippen LogP contribution in [0.4, 0.5) is 11.8 Å². The molecule has 0 atom stereocenters. The highest BCUT2D eigenvalue weighted by atomic mass is 16.5. The van der Waals surface area contributed by atoms with E-state index >= 15 is 0 Å². The second-order valence-electron chi connectivity index (χ2n) is 6.37. The van der Waals surface area contributed by atoms with Gasteiger partial charge < -0.3 is 20.1 Å². The Morgan fingerprint density at radius 3 is 2.61 bits per heavy atom. The van der Waals surface area contributed by atoms with Gasteiger partial charge in [-0.2, -0.15) is 4.98 Å². The summed E-state index contributed by atoms with van der Waals surface area (Å²) in [4.78, 5) is 23.1. The molecule has 1 aromatic heterocycles. The number of piperidine rings is 1. The normalized spacial score (nSPS) is 21.0. The second-order valence-corrected chi connectivity index (χ2v) is 6.37. The minimum absolute atomic E-state index is 0.435. The third kappa shape index (κ3) is 3.55. The molecule has 0 amide bonds. The standard InChI is InChI=1S/C16H24N4O3/c1-12-11-13(18-15(17-12)20-7-3-2-4-8-20)19-16(14(21)22)5-9-23-10-6-16/h11H,2-10H2,1H3,(H,21,22)(H,17,18,19). The molecule has 3 heterocycles. The Hall–Kier alpha value is -1.89. The van der Waals surface area contributed by atoms with Gasteiger partial charge in [-0.15, -0.1) is 0 Å². The Bertz CT molecular complexity index is 566. The fourth-order valence-electron chi connectivity index (χ4n) is 3.21. The van der Waals surface area contributed by atoms with E-state index in [0.717, 1.165) is 31.6 Å². The van der Waals surface area contributed by atoms with E-state index in [0.29, 0.717) is 37.8 Å². The van der Waals surface area contributed by atoms with E-state index < -0.39 is 11.5 Å². The SMILES string of the molecule is Cc1cc(NC2(C(=O)O)CCOCC2)nc(N2CCCCC2)n1. The monoisotopic (exact) mass is 320 g/mol. The smallest absolute Gasteiger partial charge is 0.329 e. The van der Waals surface area contributed by atoms with E-state index in [-0.39, 0.29) is 0 Å². The molecule has 23 heavy (non-hydrogen) atoms. The maximum atomic E-state index is 11.8. The summed E-state index contributed by atoms with van der Waals surface area (Å²) in [5, 5.41) is 12.8. The third-order valence-electron chi connectivity index (χ3n) is 4.60. The van der Waals surface area contributed by atoms with Crippen LogP contribution in [0.3, 0.4) is 0 Å². The molecule has 2 aliphatic heterocycles. The van der Waals surface area contributed by atoms with Gasteiger partial charge in [-0.3, -0.25) is 0 Å². The Kier molecular flexibility index (Phi) is 4.66. The van der Waals surface area contributed by atoms with E-state index in [4.69, 9.17) is 4.74 Å². The van der Waals surface area contributed by atoms with Gasteiger partial charge in [0.2, 0.25) is 5.95 Å². The van der Waals surface area contributed by atoms with Crippen LogP contribution in [-0.4, -0.2) is 52.9 Å². The highest BCUT2D eigenvalue weighted by Crippen LogP contribution is 2.27. The average Bonchev–Trinajstić information content (AvgIpc) is 2.56. The number of anilines is 2. The fourth-order valence-corrected chi connectivity index (χ4v) is 3.21. The van der Waals surface area contributed by atoms with E-state index in [1.807, 2.05) is 13.0 Å². The highest BCUT2D eigenvalue weighted by molar-refractivity contribution is 5.82. The predicted molar refractivity (Wildman–Crippen MR) is 86.9 cm³/mol. The number of aryl methyl sites for hydroxylation is 1. The maximum Gasteiger partial charge on any atom is 0.329 e. The van der Waals surface area contributed by atoms with Gasteiger partial charge in [-0.1, -0.05) is 0 Å². The summed E-state index contributed by atoms with van der Waals surface area (Å²) in [5.74, 6) is 0.429. The number of carboxylic acids is 1. The van der Waals surface area contributed by atoms with Crippen LogP contribution in [0.25, 0.3) is 0 Å². The first-order chi connectivity index (χ1) is 11.1. The molecule has 0 bridgehead atoms. The van der Waals surface area contributed by atoms with Crippen molar-refractivity contribution >= 4 is 17.7 Å². The minimum atomic E-state index is -1.00. The Balaban J connectivity index is 1.84. The zero-order chi connectivity index (χ0) is 16.3. The van der Waals surface area contributed by atoms with E-state index in [1.165, 1.54) is 6.42 Å². The molecule has 7 nitrogen and oxygen atoms in total. The van der Waals surface area contributed by atoms with Crippen molar-refractivity contribution in [3.63, 3.8) is 0 Å². The van der Waals surface area contributed by atoms with Gasteiger partial charge in [0.1, 0.15) is 11.4 Å². The molecular weight excluding hydrogens is 296 g/mol. The fraction of sp³-hybridized carbons (Fsp3) is 0.688. The first-order valence-corrected chi connectivity index (χ1v) is 8.29. The van der Waals surface area contributed by atoms with Crippen molar-refractivity contribution in [2.24, 2.45) is 0 Å². The van der Waals surface area contributed by atoms with Crippen LogP contribution >= 0.6 is 0 Å². The molecule has 2 saturated heterocycles. The molecule has 2 fully saturated rings. The maximum absolute atomic E-state index is 11.8. The van der Waals surface area contributed by atoms with E-state index in [9.17, 15) is 9.90 Å². The quantitative estimate of drug-likeness (QED) is 0.875. The van der Waals surface area contributed by atoms with Gasteiger partial charge in [-0.05, 0) is 26.2 Å². The third-order valence-corrected chi connectivity index (χ3v) is 4.60. The second kappa shape index (κ2) is 6.70. The summed E-state index contributed by atoms with van der Waals surface area (Å²) in [7, 11) is 0. The number of carbonyl (C=O) groups is 1. The molecule has 2 aliphatic rings. The van der Waals surface area contributed by atoms with Crippen molar-refractivity contribution in [3.05, 3.63) is 11.8 Å². The van der Waals surface area contributed by atoms with Crippen molar-refractivity contribution in [1.29, 1.82) is 0 Å². The molecule has 0 aliphatic carbocycles. The molecule has 0 radical (unpaired) electrons. The number of hydrogen-bond donors (Lipinski definition) is 2. The van der Waals surface area contributed by atoms with Crippen molar-refractivity contribution < 1.29 is 14.6 Å². The number of carboxylic acid groups (broad SMARTS) is 1. The van der Waals surface area contributed by atoms with Gasteiger partial charge in [-0.25, -0.2) is 9.78 Å². The highest BCUT2D eigenvalue weighted by Gasteiger charge is 2.40. The van der Waals surface area contributed by atoms with Crippen LogP contribution in [0.2, 0.25) is 0 Å². The lowest BCUT2D eigenvalue weighted by Crippen LogP contribution is -2.50. The van der Waals surface area contributed by atoms with Crippen LogP contribution in [0, 0.1) is 6.92 Å². The Morgan fingerprint density at radius 2 is 1.96 bits per heavy atom. The molecule has 2 N–H and O–H groups in total. The van der Waals surface area contributed by atoms with Crippen molar-refractivity contribution in [2.75, 3.05) is 36.5 Å². The van der Waals surface area contributed by atoms with Crippen molar-refractivity contribution in [2.45, 2.75) is 44.6 Å². The summed E-state index contributed by atoms with van der Waals surface area (Å²) in [6.45, 7) is 4.73. The van der Waals surface area contributed by atoms with Crippen molar-refractivity contribution in [3.8, 4) is 0 Å². The van der Waals surface area contributed by atoms with Crippen LogP contribution in [-0.2, 0) is 9.53 Å². The summed E-state index contributed by atoms with van der Waals surface area (Å²) in [5.41, 5.74) is -0.159. The molecule has 0 spiro atoms.